The fraction of sp³-hybridized carbons (Fsp3) is 0.0952. The molecule has 7 nitrogen and oxygen atoms in total. The van der Waals surface area contributed by atoms with Gasteiger partial charge in [-0.15, -0.1) is 0 Å². The maximum Gasteiger partial charge on any atom is 0.271 e. The average molecular weight is 374 g/mol. The number of aliphatic hydroxyl groups excluding tert-OH is 1. The number of fused-ring (bicyclic) bond motifs is 2. The molecule has 0 radical (unpaired) electrons. The number of nitrogens with one attached hydrogen (secondary N) is 2. The van der Waals surface area contributed by atoms with Crippen molar-refractivity contribution in [3.8, 4) is 0 Å². The molecule has 7 heteroatoms. The normalized spacial score (nSPS) is 10.9. The van der Waals surface area contributed by atoms with Gasteiger partial charge in [0.25, 0.3) is 5.69 Å². The minimum Gasteiger partial charge on any atom is -0.395 e. The highest BCUT2D eigenvalue weighted by atomic mass is 16.6. The van der Waals surface area contributed by atoms with Gasteiger partial charge in [0, 0.05) is 40.8 Å². The SMILES string of the molecule is O=[N+]([O-])c1ccc2c(Nc3ccc(NCCO)cc3)c3ccccc3nc2c1. The zero-order valence-electron chi connectivity index (χ0n) is 14.9. The van der Waals surface area contributed by atoms with E-state index in [-0.39, 0.29) is 12.3 Å². The first-order valence-corrected chi connectivity index (χ1v) is 8.84. The number of rotatable bonds is 6. The molecule has 0 spiro atoms. The van der Waals surface area contributed by atoms with E-state index < -0.39 is 4.92 Å². The summed E-state index contributed by atoms with van der Waals surface area (Å²) in [5.41, 5.74) is 3.99. The van der Waals surface area contributed by atoms with Crippen LogP contribution in [-0.2, 0) is 0 Å². The van der Waals surface area contributed by atoms with Gasteiger partial charge >= 0.3 is 0 Å². The van der Waals surface area contributed by atoms with Gasteiger partial charge in [-0.1, -0.05) is 18.2 Å². The van der Waals surface area contributed by atoms with Crippen molar-refractivity contribution in [3.63, 3.8) is 0 Å². The highest BCUT2D eigenvalue weighted by Crippen LogP contribution is 2.34. The Morgan fingerprint density at radius 2 is 1.64 bits per heavy atom. The molecule has 4 rings (SSSR count). The van der Waals surface area contributed by atoms with Crippen molar-refractivity contribution in [1.82, 2.24) is 4.98 Å². The van der Waals surface area contributed by atoms with Crippen molar-refractivity contribution < 1.29 is 10.0 Å². The molecule has 0 fully saturated rings. The molecule has 0 bridgehead atoms. The monoisotopic (exact) mass is 374 g/mol. The van der Waals surface area contributed by atoms with Gasteiger partial charge in [-0.2, -0.15) is 0 Å². The first kappa shape index (κ1) is 17.7. The highest BCUT2D eigenvalue weighted by Gasteiger charge is 2.13. The van der Waals surface area contributed by atoms with Crippen LogP contribution in [0.1, 0.15) is 0 Å². The summed E-state index contributed by atoms with van der Waals surface area (Å²) in [6.45, 7) is 0.562. The van der Waals surface area contributed by atoms with Crippen LogP contribution in [0.2, 0.25) is 0 Å². The van der Waals surface area contributed by atoms with Crippen LogP contribution in [-0.4, -0.2) is 28.2 Å². The van der Waals surface area contributed by atoms with Crippen molar-refractivity contribution in [2.75, 3.05) is 23.8 Å². The first-order valence-electron chi connectivity index (χ1n) is 8.84. The Hall–Kier alpha value is -3.71. The van der Waals surface area contributed by atoms with Crippen LogP contribution in [0.5, 0.6) is 0 Å². The first-order chi connectivity index (χ1) is 13.7. The Balaban J connectivity index is 1.80. The van der Waals surface area contributed by atoms with Crippen molar-refractivity contribution in [2.24, 2.45) is 0 Å². The van der Waals surface area contributed by atoms with Crippen LogP contribution < -0.4 is 10.6 Å². The molecule has 0 aliphatic rings. The quantitative estimate of drug-likeness (QED) is 0.262. The van der Waals surface area contributed by atoms with E-state index >= 15 is 0 Å². The number of aliphatic hydroxyl groups is 1. The fourth-order valence-electron chi connectivity index (χ4n) is 3.15. The summed E-state index contributed by atoms with van der Waals surface area (Å²) in [5, 5.41) is 28.3. The summed E-state index contributed by atoms with van der Waals surface area (Å²) < 4.78 is 0. The lowest BCUT2D eigenvalue weighted by Gasteiger charge is -2.14. The largest absolute Gasteiger partial charge is 0.395 e. The van der Waals surface area contributed by atoms with Gasteiger partial charge in [0.1, 0.15) is 0 Å². The van der Waals surface area contributed by atoms with Crippen molar-refractivity contribution in [2.45, 2.75) is 0 Å². The number of benzene rings is 3. The molecule has 0 aliphatic heterocycles. The zero-order valence-corrected chi connectivity index (χ0v) is 14.9. The van der Waals surface area contributed by atoms with Gasteiger partial charge in [-0.3, -0.25) is 10.1 Å². The van der Waals surface area contributed by atoms with Crippen LogP contribution in [0.4, 0.5) is 22.7 Å². The van der Waals surface area contributed by atoms with Crippen LogP contribution in [0, 0.1) is 10.1 Å². The van der Waals surface area contributed by atoms with Crippen molar-refractivity contribution in [3.05, 3.63) is 76.8 Å². The summed E-state index contributed by atoms with van der Waals surface area (Å²) >= 11 is 0. The molecule has 0 atom stereocenters. The van der Waals surface area contributed by atoms with Gasteiger partial charge < -0.3 is 15.7 Å². The third-order valence-electron chi connectivity index (χ3n) is 4.47. The number of nitro groups is 1. The molecule has 0 aliphatic carbocycles. The van der Waals surface area contributed by atoms with E-state index in [0.29, 0.717) is 12.1 Å². The zero-order chi connectivity index (χ0) is 19.5. The molecule has 0 saturated heterocycles. The Morgan fingerprint density at radius 3 is 2.39 bits per heavy atom. The van der Waals surface area contributed by atoms with Crippen LogP contribution in [0.3, 0.4) is 0 Å². The lowest BCUT2D eigenvalue weighted by atomic mass is 10.1. The molecule has 140 valence electrons. The predicted molar refractivity (Wildman–Crippen MR) is 111 cm³/mol. The molecule has 4 aromatic rings. The summed E-state index contributed by atoms with van der Waals surface area (Å²) in [6, 6.07) is 20.1. The van der Waals surface area contributed by atoms with Gasteiger partial charge in [-0.25, -0.2) is 4.98 Å². The number of hydrogen-bond donors (Lipinski definition) is 3. The predicted octanol–water partition coefficient (Wildman–Crippen LogP) is 4.44. The molecule has 0 unspecified atom stereocenters. The lowest BCUT2D eigenvalue weighted by molar-refractivity contribution is -0.384. The number of pyridine rings is 1. The van der Waals surface area contributed by atoms with Crippen LogP contribution in [0.15, 0.2) is 66.7 Å². The van der Waals surface area contributed by atoms with Gasteiger partial charge in [0.2, 0.25) is 0 Å². The van der Waals surface area contributed by atoms with Gasteiger partial charge in [0.15, 0.2) is 0 Å². The second-order valence-electron chi connectivity index (χ2n) is 6.32. The Labute approximate surface area is 160 Å². The number of para-hydroxylation sites is 1. The molecule has 1 aromatic heterocycles. The molecule has 1 heterocycles. The van der Waals surface area contributed by atoms with E-state index in [9.17, 15) is 10.1 Å². The third-order valence-corrected chi connectivity index (χ3v) is 4.47. The lowest BCUT2D eigenvalue weighted by Crippen LogP contribution is -2.05. The Kier molecular flexibility index (Phi) is 4.74. The second kappa shape index (κ2) is 7.50. The minimum absolute atomic E-state index is 0.0144. The van der Waals surface area contributed by atoms with Crippen LogP contribution in [0.25, 0.3) is 21.8 Å². The Bertz CT molecular complexity index is 1160. The average Bonchev–Trinajstić information content (AvgIpc) is 2.72. The number of anilines is 3. The molecule has 28 heavy (non-hydrogen) atoms. The second-order valence-corrected chi connectivity index (χ2v) is 6.32. The van der Waals surface area contributed by atoms with E-state index in [1.165, 1.54) is 12.1 Å². The van der Waals surface area contributed by atoms with E-state index in [0.717, 1.165) is 33.4 Å². The molecular weight excluding hydrogens is 356 g/mol. The van der Waals surface area contributed by atoms with E-state index in [1.54, 1.807) is 6.07 Å². The number of non-ortho nitro benzene ring substituents is 1. The minimum atomic E-state index is -0.415. The number of nitrogens with zero attached hydrogens (tertiary/aromatic N) is 2. The van der Waals surface area contributed by atoms with E-state index in [1.807, 2.05) is 48.5 Å². The smallest absolute Gasteiger partial charge is 0.271 e. The molecule has 0 amide bonds. The standard InChI is InChI=1S/C21H18N4O3/c26-12-11-22-14-5-7-15(8-6-14)23-21-17-3-1-2-4-19(17)24-20-13-16(25(27)28)9-10-18(20)21/h1-10,13,22,26H,11-12H2,(H,23,24). The van der Waals surface area contributed by atoms with Crippen LogP contribution >= 0.6 is 0 Å². The molecule has 3 N–H and O–H groups in total. The number of hydrogen-bond acceptors (Lipinski definition) is 6. The number of aromatic nitrogens is 1. The summed E-state index contributed by atoms with van der Waals surface area (Å²) in [4.78, 5) is 15.3. The van der Waals surface area contributed by atoms with Gasteiger partial charge in [0.05, 0.1) is 28.3 Å². The molecule has 3 aromatic carbocycles. The molecular formula is C21H18N4O3. The molecule has 0 saturated carbocycles. The summed E-state index contributed by atoms with van der Waals surface area (Å²) in [7, 11) is 0. The summed E-state index contributed by atoms with van der Waals surface area (Å²) in [5.74, 6) is 0. The van der Waals surface area contributed by atoms with Crippen molar-refractivity contribution in [1.29, 1.82) is 0 Å². The van der Waals surface area contributed by atoms with E-state index in [4.69, 9.17) is 5.11 Å². The highest BCUT2D eigenvalue weighted by molar-refractivity contribution is 6.09. The third kappa shape index (κ3) is 3.43. The maximum atomic E-state index is 11.1. The fourth-order valence-corrected chi connectivity index (χ4v) is 3.15. The maximum absolute atomic E-state index is 11.1. The van der Waals surface area contributed by atoms with Crippen molar-refractivity contribution >= 4 is 44.6 Å². The topological polar surface area (TPSA) is 100 Å². The van der Waals surface area contributed by atoms with Gasteiger partial charge in [-0.05, 0) is 36.4 Å². The van der Waals surface area contributed by atoms with E-state index in [2.05, 4.69) is 15.6 Å². The Morgan fingerprint density at radius 1 is 0.929 bits per heavy atom. The summed E-state index contributed by atoms with van der Waals surface area (Å²) in [6.07, 6.45) is 0. The number of nitro benzene ring substituents is 1.